The minimum atomic E-state index is -0.552. The molecule has 0 saturated heterocycles. The molecule has 0 aromatic carbocycles. The van der Waals surface area contributed by atoms with E-state index in [1.165, 1.54) is 24.7 Å². The molecule has 3 aromatic heterocycles. The van der Waals surface area contributed by atoms with Crippen molar-refractivity contribution in [3.8, 4) is 11.3 Å². The van der Waals surface area contributed by atoms with Gasteiger partial charge in [-0.3, -0.25) is 4.79 Å². The van der Waals surface area contributed by atoms with Crippen molar-refractivity contribution >= 4 is 28.2 Å². The first-order valence-corrected chi connectivity index (χ1v) is 7.59. The largest absolute Gasteiger partial charge is 0.465 e. The third kappa shape index (κ3) is 2.91. The van der Waals surface area contributed by atoms with Gasteiger partial charge in [0.05, 0.1) is 13.4 Å². The number of ether oxygens (including phenoxy) is 1. The molecule has 0 aliphatic rings. The molecule has 0 radical (unpaired) electrons. The number of furan rings is 2. The third-order valence-corrected chi connectivity index (χ3v) is 4.05. The second kappa shape index (κ2) is 6.13. The van der Waals surface area contributed by atoms with Crippen molar-refractivity contribution in [1.82, 2.24) is 0 Å². The fourth-order valence-electron chi connectivity index (χ4n) is 2.09. The second-order valence-electron chi connectivity index (χ2n) is 4.69. The molecule has 3 heterocycles. The fraction of sp³-hybridized carbons (Fsp3) is 0.125. The molecule has 3 rings (SSSR count). The highest BCUT2D eigenvalue weighted by Gasteiger charge is 2.24. The van der Waals surface area contributed by atoms with Crippen molar-refractivity contribution < 1.29 is 23.2 Å². The van der Waals surface area contributed by atoms with Crippen LogP contribution in [0.3, 0.4) is 0 Å². The van der Waals surface area contributed by atoms with Gasteiger partial charge in [-0.2, -0.15) is 0 Å². The van der Waals surface area contributed by atoms with Crippen LogP contribution < -0.4 is 5.32 Å². The number of hydrogen-bond donors (Lipinski definition) is 1. The summed E-state index contributed by atoms with van der Waals surface area (Å²) in [6.07, 6.45) is 1.51. The van der Waals surface area contributed by atoms with Crippen LogP contribution in [0.15, 0.2) is 44.7 Å². The highest BCUT2D eigenvalue weighted by Crippen LogP contribution is 2.36. The number of rotatable bonds is 4. The molecular formula is C16H13NO5S. The Morgan fingerprint density at radius 2 is 2.09 bits per heavy atom. The van der Waals surface area contributed by atoms with Gasteiger partial charge in [-0.05, 0) is 31.2 Å². The van der Waals surface area contributed by atoms with Crippen molar-refractivity contribution in [3.05, 3.63) is 53.0 Å². The van der Waals surface area contributed by atoms with Crippen molar-refractivity contribution in [3.63, 3.8) is 0 Å². The summed E-state index contributed by atoms with van der Waals surface area (Å²) in [4.78, 5) is 24.3. The molecule has 0 spiro atoms. The minimum Gasteiger partial charge on any atom is -0.465 e. The standard InChI is InChI=1S/C16H13NO5S/c1-9-5-6-12(22-9)14(18)17-15-13(16(19)20-2)10(8-23-15)11-4-3-7-21-11/h3-8H,1-2H3,(H,17,18). The van der Waals surface area contributed by atoms with E-state index in [1.807, 2.05) is 0 Å². The third-order valence-electron chi connectivity index (χ3n) is 3.16. The normalized spacial score (nSPS) is 10.5. The van der Waals surface area contributed by atoms with Crippen LogP contribution in [0.4, 0.5) is 5.00 Å². The van der Waals surface area contributed by atoms with Gasteiger partial charge in [0.2, 0.25) is 0 Å². The molecule has 0 aliphatic carbocycles. The lowest BCUT2D eigenvalue weighted by Gasteiger charge is -2.05. The number of anilines is 1. The molecule has 6 nitrogen and oxygen atoms in total. The van der Waals surface area contributed by atoms with Gasteiger partial charge in [-0.15, -0.1) is 11.3 Å². The summed E-state index contributed by atoms with van der Waals surface area (Å²) in [6.45, 7) is 1.75. The van der Waals surface area contributed by atoms with E-state index in [4.69, 9.17) is 13.6 Å². The van der Waals surface area contributed by atoms with Crippen LogP contribution in [0.2, 0.25) is 0 Å². The Labute approximate surface area is 135 Å². The van der Waals surface area contributed by atoms with Gasteiger partial charge in [-0.1, -0.05) is 0 Å². The van der Waals surface area contributed by atoms with E-state index < -0.39 is 11.9 Å². The highest BCUT2D eigenvalue weighted by molar-refractivity contribution is 7.15. The van der Waals surface area contributed by atoms with Crippen LogP contribution in [-0.4, -0.2) is 19.0 Å². The van der Waals surface area contributed by atoms with Gasteiger partial charge < -0.3 is 18.9 Å². The lowest BCUT2D eigenvalue weighted by molar-refractivity contribution is 0.0603. The van der Waals surface area contributed by atoms with Gasteiger partial charge in [-0.25, -0.2) is 4.79 Å². The Morgan fingerprint density at radius 1 is 1.26 bits per heavy atom. The lowest BCUT2D eigenvalue weighted by atomic mass is 10.1. The van der Waals surface area contributed by atoms with Gasteiger partial charge in [0, 0.05) is 10.9 Å². The van der Waals surface area contributed by atoms with E-state index in [1.54, 1.807) is 36.6 Å². The molecule has 0 atom stereocenters. The number of amides is 1. The molecular weight excluding hydrogens is 318 g/mol. The molecule has 7 heteroatoms. The maximum atomic E-state index is 12.2. The van der Waals surface area contributed by atoms with Crippen LogP contribution in [0.25, 0.3) is 11.3 Å². The van der Waals surface area contributed by atoms with E-state index in [2.05, 4.69) is 5.32 Å². The number of esters is 1. The number of carbonyl (C=O) groups is 2. The topological polar surface area (TPSA) is 81.7 Å². The Bertz CT molecular complexity index is 844. The quantitative estimate of drug-likeness (QED) is 0.732. The zero-order chi connectivity index (χ0) is 16.4. The van der Waals surface area contributed by atoms with Crippen LogP contribution in [0, 0.1) is 6.92 Å². The van der Waals surface area contributed by atoms with Crippen LogP contribution in [0.1, 0.15) is 26.7 Å². The molecule has 1 amide bonds. The number of methoxy groups -OCH3 is 1. The molecule has 0 aliphatic heterocycles. The molecule has 3 aromatic rings. The first-order chi connectivity index (χ1) is 11.1. The summed E-state index contributed by atoms with van der Waals surface area (Å²) in [5.41, 5.74) is 0.821. The number of nitrogens with one attached hydrogen (secondary N) is 1. The maximum Gasteiger partial charge on any atom is 0.341 e. The summed E-state index contributed by atoms with van der Waals surface area (Å²) >= 11 is 1.21. The zero-order valence-electron chi connectivity index (χ0n) is 12.4. The first-order valence-electron chi connectivity index (χ1n) is 6.71. The molecule has 23 heavy (non-hydrogen) atoms. The Kier molecular flexibility index (Phi) is 4.03. The summed E-state index contributed by atoms with van der Waals surface area (Å²) in [5.74, 6) is 0.340. The predicted molar refractivity (Wildman–Crippen MR) is 84.8 cm³/mol. The van der Waals surface area contributed by atoms with Crippen LogP contribution in [-0.2, 0) is 4.74 Å². The van der Waals surface area contributed by atoms with Crippen molar-refractivity contribution in [2.45, 2.75) is 6.92 Å². The number of thiophene rings is 1. The lowest BCUT2D eigenvalue weighted by Crippen LogP contribution is -2.13. The maximum absolute atomic E-state index is 12.2. The van der Waals surface area contributed by atoms with E-state index in [-0.39, 0.29) is 11.3 Å². The van der Waals surface area contributed by atoms with Gasteiger partial charge in [0.1, 0.15) is 22.1 Å². The zero-order valence-corrected chi connectivity index (χ0v) is 13.2. The summed E-state index contributed by atoms with van der Waals surface area (Å²) < 4.78 is 15.4. The highest BCUT2D eigenvalue weighted by atomic mass is 32.1. The minimum absolute atomic E-state index is 0.172. The molecule has 0 fully saturated rings. The predicted octanol–water partition coefficient (Wildman–Crippen LogP) is 3.95. The van der Waals surface area contributed by atoms with Crippen LogP contribution >= 0.6 is 11.3 Å². The Balaban J connectivity index is 1.96. The average Bonchev–Trinajstić information content (AvgIpc) is 3.25. The number of hydrogen-bond acceptors (Lipinski definition) is 6. The molecule has 1 N–H and O–H groups in total. The average molecular weight is 331 g/mol. The van der Waals surface area contributed by atoms with Gasteiger partial charge in [0.15, 0.2) is 5.76 Å². The SMILES string of the molecule is COC(=O)c1c(-c2ccco2)csc1NC(=O)c1ccc(C)o1. The number of aryl methyl sites for hydroxylation is 1. The summed E-state index contributed by atoms with van der Waals surface area (Å²) in [7, 11) is 1.29. The van der Waals surface area contributed by atoms with Crippen molar-refractivity contribution in [2.24, 2.45) is 0 Å². The Morgan fingerprint density at radius 3 is 2.70 bits per heavy atom. The van der Waals surface area contributed by atoms with E-state index in [0.717, 1.165) is 0 Å². The summed E-state index contributed by atoms with van der Waals surface area (Å²) in [5, 5.41) is 4.79. The van der Waals surface area contributed by atoms with Crippen molar-refractivity contribution in [1.29, 1.82) is 0 Å². The Hall–Kier alpha value is -2.80. The van der Waals surface area contributed by atoms with Gasteiger partial charge >= 0.3 is 5.97 Å². The van der Waals surface area contributed by atoms with E-state index in [0.29, 0.717) is 22.1 Å². The number of carbonyl (C=O) groups excluding carboxylic acids is 2. The monoisotopic (exact) mass is 331 g/mol. The van der Waals surface area contributed by atoms with E-state index >= 15 is 0 Å². The van der Waals surface area contributed by atoms with E-state index in [9.17, 15) is 9.59 Å². The smallest absolute Gasteiger partial charge is 0.341 e. The second-order valence-corrected chi connectivity index (χ2v) is 5.57. The van der Waals surface area contributed by atoms with Crippen molar-refractivity contribution in [2.75, 3.05) is 12.4 Å². The molecule has 118 valence electrons. The molecule has 0 bridgehead atoms. The fourth-order valence-corrected chi connectivity index (χ4v) is 3.02. The van der Waals surface area contributed by atoms with Gasteiger partial charge in [0.25, 0.3) is 5.91 Å². The molecule has 0 saturated carbocycles. The molecule has 0 unspecified atom stereocenters. The van der Waals surface area contributed by atoms with Crippen LogP contribution in [0.5, 0.6) is 0 Å². The first kappa shape index (κ1) is 15.1. The summed E-state index contributed by atoms with van der Waals surface area (Å²) in [6, 6.07) is 6.72.